The Bertz CT molecular complexity index is 784. The largest absolute Gasteiger partial charge is 0.443 e. The van der Waals surface area contributed by atoms with E-state index in [0.29, 0.717) is 19.4 Å². The van der Waals surface area contributed by atoms with Crippen LogP contribution in [0.15, 0.2) is 11.6 Å². The monoisotopic (exact) mass is 478 g/mol. The first-order valence-corrected chi connectivity index (χ1v) is 12.9. The van der Waals surface area contributed by atoms with Crippen LogP contribution >= 0.6 is 0 Å². The van der Waals surface area contributed by atoms with E-state index in [4.69, 9.17) is 18.9 Å². The molecule has 2 amide bonds. The third kappa shape index (κ3) is 5.44. The highest BCUT2D eigenvalue weighted by atomic mass is 16.6. The van der Waals surface area contributed by atoms with Gasteiger partial charge in [0, 0.05) is 25.6 Å². The summed E-state index contributed by atoms with van der Waals surface area (Å²) in [5.41, 5.74) is 0.706. The maximum Gasteiger partial charge on any atom is 0.407 e. The van der Waals surface area contributed by atoms with Crippen molar-refractivity contribution in [2.24, 2.45) is 5.92 Å². The second-order valence-corrected chi connectivity index (χ2v) is 10.9. The van der Waals surface area contributed by atoms with Crippen LogP contribution in [0.2, 0.25) is 0 Å². The van der Waals surface area contributed by atoms with Crippen LogP contribution in [0.25, 0.3) is 0 Å². The number of hydrogen-bond acceptors (Lipinski definition) is 6. The van der Waals surface area contributed by atoms with Crippen LogP contribution in [0.4, 0.5) is 4.79 Å². The Hall–Kier alpha value is -1.64. The molecule has 4 aliphatic rings. The van der Waals surface area contributed by atoms with E-state index in [1.807, 2.05) is 6.92 Å². The molecule has 2 aliphatic heterocycles. The molecular weight excluding hydrogens is 436 g/mol. The molecule has 4 fully saturated rings. The highest BCUT2D eigenvalue weighted by molar-refractivity contribution is 5.75. The van der Waals surface area contributed by atoms with Crippen LogP contribution in [-0.4, -0.2) is 67.3 Å². The van der Waals surface area contributed by atoms with Crippen molar-refractivity contribution < 1.29 is 28.5 Å². The Kier molecular flexibility index (Phi) is 7.60. The molecule has 3 unspecified atom stereocenters. The van der Waals surface area contributed by atoms with Crippen molar-refractivity contribution in [1.82, 2.24) is 10.6 Å². The van der Waals surface area contributed by atoms with Crippen LogP contribution in [0, 0.1) is 5.92 Å². The molecule has 8 nitrogen and oxygen atoms in total. The van der Waals surface area contributed by atoms with Crippen LogP contribution < -0.4 is 10.6 Å². The minimum Gasteiger partial charge on any atom is -0.443 e. The van der Waals surface area contributed by atoms with E-state index in [-0.39, 0.29) is 59.5 Å². The van der Waals surface area contributed by atoms with Gasteiger partial charge in [-0.25, -0.2) is 4.79 Å². The maximum atomic E-state index is 12.8. The summed E-state index contributed by atoms with van der Waals surface area (Å²) >= 11 is 0. The average molecular weight is 479 g/mol. The number of allylic oxidation sites excluding steroid dienone is 1. The number of carbonyl (C=O) groups is 2. The predicted octanol–water partition coefficient (Wildman–Crippen LogP) is 3.63. The number of epoxide rings is 2. The van der Waals surface area contributed by atoms with E-state index in [9.17, 15) is 9.59 Å². The van der Waals surface area contributed by atoms with Gasteiger partial charge in [0.15, 0.2) is 0 Å². The Morgan fingerprint density at radius 2 is 1.74 bits per heavy atom. The van der Waals surface area contributed by atoms with Gasteiger partial charge in [-0.2, -0.15) is 0 Å². The van der Waals surface area contributed by atoms with Crippen LogP contribution in [0.5, 0.6) is 0 Å². The van der Waals surface area contributed by atoms with Crippen LogP contribution in [-0.2, 0) is 23.7 Å². The molecule has 192 valence electrons. The summed E-state index contributed by atoms with van der Waals surface area (Å²) in [4.78, 5) is 24.4. The summed E-state index contributed by atoms with van der Waals surface area (Å²) in [6, 6.07) is 0.269. The van der Waals surface area contributed by atoms with Gasteiger partial charge in [-0.05, 0) is 65.7 Å². The Labute approximate surface area is 203 Å². The number of rotatable bonds is 8. The van der Waals surface area contributed by atoms with Crippen molar-refractivity contribution in [3.8, 4) is 0 Å². The highest BCUT2D eigenvalue weighted by Crippen LogP contribution is 2.59. The number of hydrogen-bond donors (Lipinski definition) is 2. The topological polar surface area (TPSA) is 102 Å². The number of carbonyl (C=O) groups excluding carboxylic acids is 2. The van der Waals surface area contributed by atoms with E-state index in [1.165, 1.54) is 5.57 Å². The number of alkyl carbamates (subject to hydrolysis) is 1. The highest BCUT2D eigenvalue weighted by Gasteiger charge is 2.72. The zero-order valence-electron chi connectivity index (χ0n) is 21.4. The summed E-state index contributed by atoms with van der Waals surface area (Å²) in [5, 5.41) is 6.10. The molecule has 2 saturated heterocycles. The average Bonchev–Trinajstić information content (AvgIpc) is 3.72. The SMILES string of the molecule is CCC(=O)NC1CCC(NC(=O)OC2CC[C@]3(CO3)C([C@@]3(C)O[C@@H]3CC=C(C)C)C2OC)CC1. The first-order valence-electron chi connectivity index (χ1n) is 12.9. The summed E-state index contributed by atoms with van der Waals surface area (Å²) in [7, 11) is 1.69. The zero-order chi connectivity index (χ0) is 24.5. The van der Waals surface area contributed by atoms with Crippen molar-refractivity contribution in [3.63, 3.8) is 0 Å². The fourth-order valence-corrected chi connectivity index (χ4v) is 6.12. The molecule has 2 aliphatic carbocycles. The quantitative estimate of drug-likeness (QED) is 0.408. The number of methoxy groups -OCH3 is 1. The van der Waals surface area contributed by atoms with Gasteiger partial charge in [0.2, 0.25) is 5.91 Å². The molecule has 2 saturated carbocycles. The van der Waals surface area contributed by atoms with Gasteiger partial charge >= 0.3 is 6.09 Å². The molecule has 0 radical (unpaired) electrons. The maximum absolute atomic E-state index is 12.8. The van der Waals surface area contributed by atoms with E-state index in [1.54, 1.807) is 7.11 Å². The molecule has 0 aromatic rings. The Morgan fingerprint density at radius 1 is 1.09 bits per heavy atom. The molecule has 4 rings (SSSR count). The third-order valence-electron chi connectivity index (χ3n) is 8.23. The molecule has 34 heavy (non-hydrogen) atoms. The second-order valence-electron chi connectivity index (χ2n) is 10.9. The van der Waals surface area contributed by atoms with Crippen molar-refractivity contribution in [1.29, 1.82) is 0 Å². The fraction of sp³-hybridized carbons (Fsp3) is 0.846. The standard InChI is InChI=1S/C26H42N2O6/c1-6-21(29)27-17-8-10-18(11-9-17)28-24(30)33-19-13-14-26(15-32-26)23(22(19)31-5)25(4)20(34-25)12-7-16(2)3/h7,17-20,22-23H,6,8-15H2,1-5H3,(H,27,29)(H,28,30)/t17?,18?,19?,20-,22?,23?,25+,26+/m1/s1. The van der Waals surface area contributed by atoms with Crippen molar-refractivity contribution >= 4 is 12.0 Å². The number of amides is 2. The molecule has 6 atom stereocenters. The zero-order valence-corrected chi connectivity index (χ0v) is 21.4. The number of ether oxygens (including phenoxy) is 4. The van der Waals surface area contributed by atoms with Crippen molar-refractivity contribution in [2.75, 3.05) is 13.7 Å². The molecular formula is C26H42N2O6. The Morgan fingerprint density at radius 3 is 2.29 bits per heavy atom. The van der Waals surface area contributed by atoms with E-state index >= 15 is 0 Å². The van der Waals surface area contributed by atoms with Crippen LogP contribution in [0.3, 0.4) is 0 Å². The fourth-order valence-electron chi connectivity index (χ4n) is 6.12. The minimum absolute atomic E-state index is 0.0183. The van der Waals surface area contributed by atoms with Gasteiger partial charge in [0.25, 0.3) is 0 Å². The van der Waals surface area contributed by atoms with Crippen molar-refractivity contribution in [2.45, 2.75) is 121 Å². The second kappa shape index (κ2) is 10.2. The molecule has 1 spiro atoms. The van der Waals surface area contributed by atoms with Crippen molar-refractivity contribution in [3.05, 3.63) is 11.6 Å². The molecule has 8 heteroatoms. The molecule has 0 bridgehead atoms. The normalized spacial score (nSPS) is 40.9. The summed E-state index contributed by atoms with van der Waals surface area (Å²) in [6.45, 7) is 8.91. The van der Waals surface area contributed by atoms with Gasteiger partial charge in [-0.1, -0.05) is 18.6 Å². The lowest BCUT2D eigenvalue weighted by Gasteiger charge is -2.42. The van der Waals surface area contributed by atoms with Gasteiger partial charge in [-0.3, -0.25) is 4.79 Å². The summed E-state index contributed by atoms with van der Waals surface area (Å²) < 4.78 is 24.1. The van der Waals surface area contributed by atoms with Gasteiger partial charge in [0.05, 0.1) is 18.6 Å². The third-order valence-corrected chi connectivity index (χ3v) is 8.23. The minimum atomic E-state index is -0.387. The van der Waals surface area contributed by atoms with Gasteiger partial charge in [0.1, 0.15) is 23.4 Å². The first kappa shape index (κ1) is 25.5. The molecule has 2 heterocycles. The van der Waals surface area contributed by atoms with Crippen LogP contribution in [0.1, 0.15) is 79.1 Å². The molecule has 2 N–H and O–H groups in total. The van der Waals surface area contributed by atoms with Gasteiger partial charge < -0.3 is 29.6 Å². The molecule has 0 aromatic carbocycles. The number of nitrogens with one attached hydrogen (secondary N) is 2. The Balaban J connectivity index is 1.32. The smallest absolute Gasteiger partial charge is 0.407 e. The summed E-state index contributed by atoms with van der Waals surface area (Å²) in [5.74, 6) is 0.104. The lowest BCUT2D eigenvalue weighted by atomic mass is 9.68. The lowest BCUT2D eigenvalue weighted by molar-refractivity contribution is -0.121. The summed E-state index contributed by atoms with van der Waals surface area (Å²) in [6.07, 6.45) is 7.66. The first-order chi connectivity index (χ1) is 16.2. The van der Waals surface area contributed by atoms with Gasteiger partial charge in [-0.15, -0.1) is 0 Å². The molecule has 0 aromatic heterocycles. The van der Waals surface area contributed by atoms with E-state index in [2.05, 4.69) is 37.5 Å². The van der Waals surface area contributed by atoms with E-state index in [0.717, 1.165) is 38.5 Å². The predicted molar refractivity (Wildman–Crippen MR) is 127 cm³/mol. The van der Waals surface area contributed by atoms with E-state index < -0.39 is 0 Å². The lowest BCUT2D eigenvalue weighted by Crippen LogP contribution is -2.56.